The summed E-state index contributed by atoms with van der Waals surface area (Å²) in [6.45, 7) is 4.99. The number of aryl methyl sites for hydroxylation is 1. The van der Waals surface area contributed by atoms with E-state index in [1.165, 1.54) is 51.0 Å². The van der Waals surface area contributed by atoms with E-state index >= 15 is 0 Å². The molecule has 0 aromatic heterocycles. The molecule has 1 aromatic rings. The summed E-state index contributed by atoms with van der Waals surface area (Å²) in [7, 11) is 4.35. The molecule has 0 aliphatic carbocycles. The van der Waals surface area contributed by atoms with Gasteiger partial charge in [0.15, 0.2) is 0 Å². The topological polar surface area (TPSA) is 32.5 Å². The zero-order valence-electron chi connectivity index (χ0n) is 13.0. The lowest BCUT2D eigenvalue weighted by Crippen LogP contribution is -2.37. The fourth-order valence-electron chi connectivity index (χ4n) is 3.16. The smallest absolute Gasteiger partial charge is 0.0346 e. The minimum atomic E-state index is 0.894. The van der Waals surface area contributed by atoms with Gasteiger partial charge in [0.2, 0.25) is 0 Å². The van der Waals surface area contributed by atoms with Crippen LogP contribution in [0.25, 0.3) is 0 Å². The first-order valence-corrected chi connectivity index (χ1v) is 7.85. The molecule has 2 rings (SSSR count). The highest BCUT2D eigenvalue weighted by Crippen LogP contribution is 2.19. The van der Waals surface area contributed by atoms with E-state index in [2.05, 4.69) is 36.0 Å². The van der Waals surface area contributed by atoms with E-state index in [0.717, 1.165) is 18.0 Å². The van der Waals surface area contributed by atoms with Crippen molar-refractivity contribution in [2.75, 3.05) is 46.0 Å². The van der Waals surface area contributed by atoms with Crippen LogP contribution in [0.1, 0.15) is 24.8 Å². The summed E-state index contributed by atoms with van der Waals surface area (Å²) in [6, 6.07) is 8.24. The molecule has 0 amide bonds. The van der Waals surface area contributed by atoms with Gasteiger partial charge in [0, 0.05) is 12.2 Å². The Morgan fingerprint density at radius 3 is 2.55 bits per heavy atom. The summed E-state index contributed by atoms with van der Waals surface area (Å²) < 4.78 is 0. The highest BCUT2D eigenvalue weighted by atomic mass is 15.1. The SMILES string of the molecule is CN(C)CC1CCN(CCCc2ccccc2N)CC1. The molecule has 0 radical (unpaired) electrons. The number of rotatable bonds is 6. The summed E-state index contributed by atoms with van der Waals surface area (Å²) in [4.78, 5) is 4.93. The average molecular weight is 275 g/mol. The molecule has 1 aliphatic heterocycles. The number of piperidine rings is 1. The predicted molar refractivity (Wildman–Crippen MR) is 86.9 cm³/mol. The molecule has 0 saturated carbocycles. The lowest BCUT2D eigenvalue weighted by molar-refractivity contribution is 0.161. The van der Waals surface area contributed by atoms with Crippen molar-refractivity contribution in [2.45, 2.75) is 25.7 Å². The van der Waals surface area contributed by atoms with Gasteiger partial charge in [0.05, 0.1) is 0 Å². The molecule has 1 aliphatic rings. The molecule has 20 heavy (non-hydrogen) atoms. The third kappa shape index (κ3) is 4.80. The maximum atomic E-state index is 5.99. The molecule has 2 N–H and O–H groups in total. The third-order valence-corrected chi connectivity index (χ3v) is 4.31. The van der Waals surface area contributed by atoms with Gasteiger partial charge in [-0.3, -0.25) is 0 Å². The first kappa shape index (κ1) is 15.3. The Labute approximate surface area is 123 Å². The van der Waals surface area contributed by atoms with Gasteiger partial charge in [0.1, 0.15) is 0 Å². The van der Waals surface area contributed by atoms with Gasteiger partial charge in [-0.05, 0) is 77.0 Å². The van der Waals surface area contributed by atoms with Crippen molar-refractivity contribution in [3.05, 3.63) is 29.8 Å². The summed E-state index contributed by atoms with van der Waals surface area (Å²) >= 11 is 0. The van der Waals surface area contributed by atoms with Crippen molar-refractivity contribution in [1.82, 2.24) is 9.80 Å². The second-order valence-electron chi connectivity index (χ2n) is 6.35. The van der Waals surface area contributed by atoms with E-state index in [1.807, 2.05) is 12.1 Å². The number of benzene rings is 1. The second kappa shape index (κ2) is 7.65. The van der Waals surface area contributed by atoms with Crippen molar-refractivity contribution in [1.29, 1.82) is 0 Å². The van der Waals surface area contributed by atoms with Crippen LogP contribution in [-0.2, 0) is 6.42 Å². The molecule has 0 unspecified atom stereocenters. The van der Waals surface area contributed by atoms with Gasteiger partial charge in [-0.15, -0.1) is 0 Å². The number of hydrogen-bond acceptors (Lipinski definition) is 3. The van der Waals surface area contributed by atoms with Gasteiger partial charge >= 0.3 is 0 Å². The van der Waals surface area contributed by atoms with Crippen LogP contribution in [0.3, 0.4) is 0 Å². The zero-order valence-corrected chi connectivity index (χ0v) is 13.0. The van der Waals surface area contributed by atoms with Gasteiger partial charge in [-0.25, -0.2) is 0 Å². The largest absolute Gasteiger partial charge is 0.399 e. The first-order chi connectivity index (χ1) is 9.65. The summed E-state index contributed by atoms with van der Waals surface area (Å²) in [5.74, 6) is 0.894. The van der Waals surface area contributed by atoms with Crippen LogP contribution in [0.15, 0.2) is 24.3 Å². The maximum absolute atomic E-state index is 5.99. The number of hydrogen-bond donors (Lipinski definition) is 1. The Kier molecular flexibility index (Phi) is 5.86. The van der Waals surface area contributed by atoms with Crippen LogP contribution in [0.5, 0.6) is 0 Å². The Balaban J connectivity index is 1.65. The van der Waals surface area contributed by atoms with Gasteiger partial charge in [-0.2, -0.15) is 0 Å². The van der Waals surface area contributed by atoms with E-state index in [-0.39, 0.29) is 0 Å². The fraction of sp³-hybridized carbons (Fsp3) is 0.647. The molecule has 3 nitrogen and oxygen atoms in total. The Morgan fingerprint density at radius 2 is 1.90 bits per heavy atom. The lowest BCUT2D eigenvalue weighted by Gasteiger charge is -2.33. The molecule has 1 heterocycles. The highest BCUT2D eigenvalue weighted by Gasteiger charge is 2.19. The molecule has 3 heteroatoms. The summed E-state index contributed by atoms with van der Waals surface area (Å²) in [5.41, 5.74) is 8.23. The minimum absolute atomic E-state index is 0.894. The molecule has 0 spiro atoms. The van der Waals surface area contributed by atoms with Crippen LogP contribution in [0.4, 0.5) is 5.69 Å². The third-order valence-electron chi connectivity index (χ3n) is 4.31. The van der Waals surface area contributed by atoms with Crippen molar-refractivity contribution in [3.8, 4) is 0 Å². The minimum Gasteiger partial charge on any atom is -0.399 e. The summed E-state index contributed by atoms with van der Waals surface area (Å²) in [6.07, 6.45) is 5.02. The first-order valence-electron chi connectivity index (χ1n) is 7.85. The molecule has 1 saturated heterocycles. The van der Waals surface area contributed by atoms with E-state index in [0.29, 0.717) is 0 Å². The lowest BCUT2D eigenvalue weighted by atomic mass is 9.96. The van der Waals surface area contributed by atoms with E-state index in [1.54, 1.807) is 0 Å². The quantitative estimate of drug-likeness (QED) is 0.810. The van der Waals surface area contributed by atoms with Crippen LogP contribution in [-0.4, -0.2) is 50.1 Å². The average Bonchev–Trinajstić information content (AvgIpc) is 2.42. The fourth-order valence-corrected chi connectivity index (χ4v) is 3.16. The standard InChI is InChI=1S/C17H29N3/c1-19(2)14-15-9-12-20(13-10-15)11-5-7-16-6-3-4-8-17(16)18/h3-4,6,8,15H,5,7,9-14,18H2,1-2H3. The summed E-state index contributed by atoms with van der Waals surface area (Å²) in [5, 5.41) is 0. The molecule has 112 valence electrons. The number of likely N-dealkylation sites (tertiary alicyclic amines) is 1. The number of nitrogens with zero attached hydrogens (tertiary/aromatic N) is 2. The van der Waals surface area contributed by atoms with Crippen LogP contribution in [0, 0.1) is 5.92 Å². The number of para-hydroxylation sites is 1. The highest BCUT2D eigenvalue weighted by molar-refractivity contribution is 5.46. The van der Waals surface area contributed by atoms with Crippen LogP contribution >= 0.6 is 0 Å². The molecule has 1 aromatic carbocycles. The van der Waals surface area contributed by atoms with Gasteiger partial charge in [0.25, 0.3) is 0 Å². The van der Waals surface area contributed by atoms with Crippen molar-refractivity contribution in [2.24, 2.45) is 5.92 Å². The van der Waals surface area contributed by atoms with Crippen molar-refractivity contribution < 1.29 is 0 Å². The van der Waals surface area contributed by atoms with E-state index in [9.17, 15) is 0 Å². The Bertz CT molecular complexity index is 395. The number of nitrogen functional groups attached to an aromatic ring is 1. The number of anilines is 1. The van der Waals surface area contributed by atoms with Gasteiger partial charge in [-0.1, -0.05) is 18.2 Å². The predicted octanol–water partition coefficient (Wildman–Crippen LogP) is 2.47. The zero-order chi connectivity index (χ0) is 14.4. The van der Waals surface area contributed by atoms with Crippen LogP contribution < -0.4 is 5.73 Å². The Morgan fingerprint density at radius 1 is 1.20 bits per heavy atom. The van der Waals surface area contributed by atoms with Crippen molar-refractivity contribution in [3.63, 3.8) is 0 Å². The maximum Gasteiger partial charge on any atom is 0.0346 e. The molecular formula is C17H29N3. The molecule has 0 bridgehead atoms. The van der Waals surface area contributed by atoms with Crippen molar-refractivity contribution >= 4 is 5.69 Å². The molecule has 0 atom stereocenters. The monoisotopic (exact) mass is 275 g/mol. The van der Waals surface area contributed by atoms with E-state index in [4.69, 9.17) is 5.73 Å². The van der Waals surface area contributed by atoms with E-state index < -0.39 is 0 Å². The normalized spacial score (nSPS) is 17.8. The number of nitrogens with two attached hydrogens (primary N) is 1. The molecular weight excluding hydrogens is 246 g/mol. The molecule has 1 fully saturated rings. The second-order valence-corrected chi connectivity index (χ2v) is 6.35. The van der Waals surface area contributed by atoms with Crippen LogP contribution in [0.2, 0.25) is 0 Å². The van der Waals surface area contributed by atoms with Gasteiger partial charge < -0.3 is 15.5 Å². The Hall–Kier alpha value is -1.06.